The van der Waals surface area contributed by atoms with Crippen molar-refractivity contribution in [2.75, 3.05) is 30.4 Å². The second kappa shape index (κ2) is 11.2. The Kier molecular flexibility index (Phi) is 8.05. The molecule has 0 heterocycles. The van der Waals surface area contributed by atoms with Crippen LogP contribution in [-0.4, -0.2) is 47.1 Å². The van der Waals surface area contributed by atoms with E-state index in [0.29, 0.717) is 17.1 Å². The van der Waals surface area contributed by atoms with Crippen LogP contribution >= 0.6 is 0 Å². The third-order valence-corrected chi connectivity index (χ3v) is 6.56. The highest BCUT2D eigenvalue weighted by Crippen LogP contribution is 2.22. The van der Waals surface area contributed by atoms with Crippen LogP contribution in [-0.2, 0) is 19.6 Å². The van der Waals surface area contributed by atoms with Gasteiger partial charge in [0.1, 0.15) is 5.75 Å². The number of methoxy groups -OCH3 is 1. The third kappa shape index (κ3) is 6.58. The average Bonchev–Trinajstić information content (AvgIpc) is 2.87. The van der Waals surface area contributed by atoms with Gasteiger partial charge in [-0.15, -0.1) is 0 Å². The number of carbonyl (C=O) groups excluding carboxylic acids is 3. The van der Waals surface area contributed by atoms with E-state index in [1.807, 2.05) is 5.32 Å². The summed E-state index contributed by atoms with van der Waals surface area (Å²) in [6.07, 6.45) is 0. The van der Waals surface area contributed by atoms with Crippen LogP contribution in [0.15, 0.2) is 83.8 Å². The molecule has 0 radical (unpaired) electrons. The van der Waals surface area contributed by atoms with E-state index in [9.17, 15) is 22.8 Å². The topological polar surface area (TPSA) is 131 Å². The third-order valence-electron chi connectivity index (χ3n) is 4.78. The molecule has 11 heteroatoms. The molecule has 3 aromatic carbocycles. The fraction of sp³-hybridized carbons (Fsp3) is 0.125. The maximum absolute atomic E-state index is 12.9. The number of esters is 1. The number of rotatable bonds is 8. The number of hydrogen-bond acceptors (Lipinski definition) is 7. The van der Waals surface area contributed by atoms with Crippen molar-refractivity contribution in [3.8, 4) is 5.75 Å². The first-order valence-corrected chi connectivity index (χ1v) is 11.7. The molecule has 0 unspecified atom stereocenters. The van der Waals surface area contributed by atoms with Gasteiger partial charge in [-0.25, -0.2) is 18.0 Å². The van der Waals surface area contributed by atoms with Gasteiger partial charge >= 0.3 is 12.0 Å². The molecule has 2 N–H and O–H groups in total. The summed E-state index contributed by atoms with van der Waals surface area (Å²) in [4.78, 5) is 36.2. The lowest BCUT2D eigenvalue weighted by atomic mass is 10.2. The Bertz CT molecular complexity index is 1310. The monoisotopic (exact) mass is 497 g/mol. The van der Waals surface area contributed by atoms with Crippen LogP contribution in [0, 0.1) is 0 Å². The molecule has 0 aliphatic heterocycles. The van der Waals surface area contributed by atoms with E-state index in [4.69, 9.17) is 9.47 Å². The van der Waals surface area contributed by atoms with Crippen LogP contribution in [0.3, 0.4) is 0 Å². The summed E-state index contributed by atoms with van der Waals surface area (Å²) in [5.41, 5.74) is 0.805. The number of amides is 3. The van der Waals surface area contributed by atoms with E-state index in [2.05, 4.69) is 5.32 Å². The normalized spacial score (nSPS) is 10.7. The van der Waals surface area contributed by atoms with Gasteiger partial charge in [0.05, 0.1) is 23.3 Å². The maximum Gasteiger partial charge on any atom is 0.338 e. The molecule has 0 aromatic heterocycles. The number of benzene rings is 3. The van der Waals surface area contributed by atoms with Gasteiger partial charge in [0.15, 0.2) is 6.61 Å². The summed E-state index contributed by atoms with van der Waals surface area (Å²) >= 11 is 0. The van der Waals surface area contributed by atoms with Crippen molar-refractivity contribution in [3.05, 3.63) is 84.4 Å². The number of ether oxygens (including phenoxy) is 2. The second-order valence-corrected chi connectivity index (χ2v) is 9.11. The summed E-state index contributed by atoms with van der Waals surface area (Å²) in [5, 5.41) is 4.49. The van der Waals surface area contributed by atoms with Crippen molar-refractivity contribution < 1.29 is 32.3 Å². The number of imide groups is 1. The fourth-order valence-electron chi connectivity index (χ4n) is 2.93. The number of urea groups is 1. The zero-order valence-corrected chi connectivity index (χ0v) is 19.7. The van der Waals surface area contributed by atoms with Crippen LogP contribution in [0.25, 0.3) is 0 Å². The molecule has 3 amide bonds. The lowest BCUT2D eigenvalue weighted by Gasteiger charge is -2.19. The summed E-state index contributed by atoms with van der Waals surface area (Å²) in [6.45, 7) is -0.740. The molecule has 10 nitrogen and oxygen atoms in total. The molecule has 0 spiro atoms. The minimum atomic E-state index is -3.94. The van der Waals surface area contributed by atoms with E-state index < -0.39 is 34.5 Å². The second-order valence-electron chi connectivity index (χ2n) is 7.14. The summed E-state index contributed by atoms with van der Waals surface area (Å²) in [5.74, 6) is -1.19. The molecule has 0 aliphatic carbocycles. The predicted octanol–water partition coefficient (Wildman–Crippen LogP) is 3.03. The Balaban J connectivity index is 1.57. The Labute approximate surface area is 202 Å². The van der Waals surface area contributed by atoms with Gasteiger partial charge in [-0.1, -0.05) is 24.3 Å². The Morgan fingerprint density at radius 1 is 0.914 bits per heavy atom. The molecule has 35 heavy (non-hydrogen) atoms. The maximum atomic E-state index is 12.9. The van der Waals surface area contributed by atoms with Crippen LogP contribution in [0.1, 0.15) is 10.4 Å². The summed E-state index contributed by atoms with van der Waals surface area (Å²) in [6, 6.07) is 19.3. The number of sulfonamides is 1. The molecule has 0 saturated carbocycles. The molecule has 0 bridgehead atoms. The van der Waals surface area contributed by atoms with Gasteiger partial charge < -0.3 is 14.8 Å². The quantitative estimate of drug-likeness (QED) is 0.457. The Morgan fingerprint density at radius 2 is 1.60 bits per heavy atom. The zero-order valence-electron chi connectivity index (χ0n) is 18.9. The largest absolute Gasteiger partial charge is 0.497 e. The first kappa shape index (κ1) is 25.2. The van der Waals surface area contributed by atoms with Crippen molar-refractivity contribution in [1.82, 2.24) is 5.32 Å². The van der Waals surface area contributed by atoms with Gasteiger partial charge in [-0.05, 0) is 54.6 Å². The van der Waals surface area contributed by atoms with Crippen LogP contribution in [0.2, 0.25) is 0 Å². The molecule has 3 aromatic rings. The average molecular weight is 498 g/mol. The van der Waals surface area contributed by atoms with Crippen molar-refractivity contribution in [1.29, 1.82) is 0 Å². The van der Waals surface area contributed by atoms with E-state index >= 15 is 0 Å². The van der Waals surface area contributed by atoms with Crippen molar-refractivity contribution in [2.24, 2.45) is 0 Å². The molecule has 182 valence electrons. The lowest BCUT2D eigenvalue weighted by Crippen LogP contribution is -2.37. The molecule has 0 saturated heterocycles. The SMILES string of the molecule is COc1ccc(NC(=O)NC(=O)COC(=O)c2cccc(S(=O)(=O)N(C)c3ccccc3)c2)cc1. The molecule has 3 rings (SSSR count). The number of nitrogens with zero attached hydrogens (tertiary/aromatic N) is 1. The fourth-order valence-corrected chi connectivity index (χ4v) is 4.17. The summed E-state index contributed by atoms with van der Waals surface area (Å²) < 4.78 is 36.9. The first-order chi connectivity index (χ1) is 16.7. The van der Waals surface area contributed by atoms with Crippen LogP contribution in [0.5, 0.6) is 5.75 Å². The van der Waals surface area contributed by atoms with Gasteiger partial charge in [0.25, 0.3) is 15.9 Å². The molecule has 0 aliphatic rings. The van der Waals surface area contributed by atoms with Crippen molar-refractivity contribution in [3.63, 3.8) is 0 Å². The van der Waals surface area contributed by atoms with Gasteiger partial charge in [0.2, 0.25) is 0 Å². The Hall–Kier alpha value is -4.38. The van der Waals surface area contributed by atoms with Crippen molar-refractivity contribution in [2.45, 2.75) is 4.90 Å². The highest BCUT2D eigenvalue weighted by molar-refractivity contribution is 7.92. The Morgan fingerprint density at radius 3 is 2.26 bits per heavy atom. The van der Waals surface area contributed by atoms with Crippen LogP contribution < -0.4 is 19.7 Å². The van der Waals surface area contributed by atoms with E-state index in [-0.39, 0.29) is 10.5 Å². The summed E-state index contributed by atoms with van der Waals surface area (Å²) in [7, 11) is -1.04. The van der Waals surface area contributed by atoms with Crippen molar-refractivity contribution >= 4 is 39.3 Å². The number of nitrogens with one attached hydrogen (secondary N) is 2. The van der Waals surface area contributed by atoms with E-state index in [0.717, 1.165) is 10.4 Å². The van der Waals surface area contributed by atoms with E-state index in [1.54, 1.807) is 54.6 Å². The predicted molar refractivity (Wildman–Crippen MR) is 129 cm³/mol. The van der Waals surface area contributed by atoms with Gasteiger partial charge in [0, 0.05) is 12.7 Å². The van der Waals surface area contributed by atoms with Gasteiger partial charge in [-0.2, -0.15) is 0 Å². The molecule has 0 atom stereocenters. The first-order valence-electron chi connectivity index (χ1n) is 10.3. The number of hydrogen-bond donors (Lipinski definition) is 2. The van der Waals surface area contributed by atoms with Crippen LogP contribution in [0.4, 0.5) is 16.2 Å². The van der Waals surface area contributed by atoms with E-state index in [1.165, 1.54) is 32.4 Å². The standard InChI is InChI=1S/C24H23N3O7S/c1-27(19-8-4-3-5-9-19)35(31,32)21-10-6-7-17(15-21)23(29)34-16-22(28)26-24(30)25-18-11-13-20(33-2)14-12-18/h3-15H,16H2,1-2H3,(H2,25,26,28,30). The lowest BCUT2D eigenvalue weighted by molar-refractivity contribution is -0.123. The minimum Gasteiger partial charge on any atom is -0.497 e. The molecule has 0 fully saturated rings. The minimum absolute atomic E-state index is 0.0666. The number of carbonyl (C=O) groups is 3. The number of para-hydroxylation sites is 1. The highest BCUT2D eigenvalue weighted by atomic mass is 32.2. The molecular weight excluding hydrogens is 474 g/mol. The zero-order chi connectivity index (χ0) is 25.4. The number of anilines is 2. The highest BCUT2D eigenvalue weighted by Gasteiger charge is 2.23. The van der Waals surface area contributed by atoms with Gasteiger partial charge in [-0.3, -0.25) is 14.4 Å². The molecular formula is C24H23N3O7S. The smallest absolute Gasteiger partial charge is 0.338 e.